The van der Waals surface area contributed by atoms with Crippen molar-refractivity contribution in [2.75, 3.05) is 0 Å². The average Bonchev–Trinajstić information content (AvgIpc) is 3.62. The number of aryl methyl sites for hydroxylation is 1. The normalized spacial score (nSPS) is 14.1. The molecule has 0 saturated carbocycles. The number of ketones is 1. The van der Waals surface area contributed by atoms with Gasteiger partial charge in [-0.3, -0.25) is 19.2 Å². The number of esters is 2. The maximum absolute atomic E-state index is 13.7. The summed E-state index contributed by atoms with van der Waals surface area (Å²) in [5, 5.41) is 1.66. The molecule has 2 atom stereocenters. The maximum atomic E-state index is 13.7. The van der Waals surface area contributed by atoms with Crippen LogP contribution >= 0.6 is 11.3 Å². The highest BCUT2D eigenvalue weighted by molar-refractivity contribution is 7.10. The third-order valence-electron chi connectivity index (χ3n) is 6.61. The smallest absolute Gasteiger partial charge is 0.303 e. The van der Waals surface area contributed by atoms with Crippen molar-refractivity contribution in [2.24, 2.45) is 0 Å². The zero-order valence-electron chi connectivity index (χ0n) is 21.7. The van der Waals surface area contributed by atoms with Gasteiger partial charge >= 0.3 is 11.9 Å². The lowest BCUT2D eigenvalue weighted by Gasteiger charge is -2.27. The summed E-state index contributed by atoms with van der Waals surface area (Å²) in [6, 6.07) is 17.1. The summed E-state index contributed by atoms with van der Waals surface area (Å²) in [5.74, 6) is -1.90. The van der Waals surface area contributed by atoms with E-state index in [4.69, 9.17) is 9.47 Å². The number of imidazole rings is 1. The van der Waals surface area contributed by atoms with Gasteiger partial charge in [-0.25, -0.2) is 4.98 Å². The molecule has 0 fully saturated rings. The maximum Gasteiger partial charge on any atom is 0.303 e. The number of fused-ring (bicyclic) bond motifs is 2. The Morgan fingerprint density at radius 2 is 1.54 bits per heavy atom. The minimum atomic E-state index is -1.62. The topological polar surface area (TPSA) is 108 Å². The van der Waals surface area contributed by atoms with E-state index in [0.717, 1.165) is 46.7 Å². The van der Waals surface area contributed by atoms with Gasteiger partial charge < -0.3 is 18.9 Å². The Bertz CT molecular complexity index is 1560. The molecule has 0 unspecified atom stereocenters. The number of para-hydroxylation sites is 2. The highest BCUT2D eigenvalue weighted by atomic mass is 32.1. The third kappa shape index (κ3) is 5.46. The molecular formula is C29H27N3O6S. The molecule has 0 spiro atoms. The quantitative estimate of drug-likeness (QED) is 0.243. The number of rotatable bonds is 8. The molecule has 0 N–H and O–H groups in total. The van der Waals surface area contributed by atoms with Crippen LogP contribution in [0.2, 0.25) is 0 Å². The fraction of sp³-hybridized carbons (Fsp3) is 0.276. The van der Waals surface area contributed by atoms with Crippen LogP contribution in [-0.2, 0) is 43.5 Å². The molecule has 1 amide bonds. The Labute approximate surface area is 229 Å². The average molecular weight is 546 g/mol. The van der Waals surface area contributed by atoms with Crippen molar-refractivity contribution in [3.8, 4) is 0 Å². The molecular weight excluding hydrogens is 518 g/mol. The number of amides is 1. The number of ether oxygens (including phenoxy) is 2. The zero-order chi connectivity index (χ0) is 27.7. The molecule has 5 rings (SSSR count). The van der Waals surface area contributed by atoms with Crippen LogP contribution in [0.5, 0.6) is 0 Å². The Kier molecular flexibility index (Phi) is 7.30. The molecule has 0 saturated heterocycles. The number of carbonyl (C=O) groups is 4. The second kappa shape index (κ2) is 10.8. The Hall–Kier alpha value is -4.31. The van der Waals surface area contributed by atoms with Gasteiger partial charge in [-0.15, -0.1) is 11.3 Å². The second-order valence-corrected chi connectivity index (χ2v) is 10.4. The molecule has 200 valence electrons. The molecule has 3 heterocycles. The van der Waals surface area contributed by atoms with Gasteiger partial charge in [0.05, 0.1) is 17.6 Å². The second-order valence-electron chi connectivity index (χ2n) is 9.42. The molecule has 1 aliphatic rings. The summed E-state index contributed by atoms with van der Waals surface area (Å²) in [6.07, 6.45) is -3.24. The molecule has 0 radical (unpaired) electrons. The summed E-state index contributed by atoms with van der Waals surface area (Å²) in [5.41, 5.74) is 4.05. The first kappa shape index (κ1) is 26.3. The predicted molar refractivity (Wildman–Crippen MR) is 144 cm³/mol. The number of benzene rings is 2. The fourth-order valence-corrected chi connectivity index (χ4v) is 5.69. The number of hydrogen-bond acceptors (Lipinski definition) is 8. The van der Waals surface area contributed by atoms with Gasteiger partial charge in [0.25, 0.3) is 5.91 Å². The molecule has 2 aromatic carbocycles. The van der Waals surface area contributed by atoms with E-state index in [0.29, 0.717) is 19.6 Å². The van der Waals surface area contributed by atoms with Crippen molar-refractivity contribution in [3.05, 3.63) is 87.4 Å². The first-order chi connectivity index (χ1) is 18.7. The van der Waals surface area contributed by atoms with E-state index in [9.17, 15) is 19.2 Å². The monoisotopic (exact) mass is 545 g/mol. The van der Waals surface area contributed by atoms with Gasteiger partial charge in [0, 0.05) is 42.8 Å². The van der Waals surface area contributed by atoms with Gasteiger partial charge in [-0.05, 0) is 36.2 Å². The molecule has 0 aliphatic carbocycles. The van der Waals surface area contributed by atoms with Crippen LogP contribution in [0.15, 0.2) is 60.0 Å². The lowest BCUT2D eigenvalue weighted by atomic mass is 10.0. The van der Waals surface area contributed by atoms with Crippen LogP contribution in [0.4, 0.5) is 0 Å². The lowest BCUT2D eigenvalue weighted by molar-refractivity contribution is -0.171. The Balaban J connectivity index is 1.41. The van der Waals surface area contributed by atoms with Crippen molar-refractivity contribution >= 4 is 46.0 Å². The van der Waals surface area contributed by atoms with Crippen LogP contribution in [0.3, 0.4) is 0 Å². The van der Waals surface area contributed by atoms with Crippen molar-refractivity contribution in [1.29, 1.82) is 0 Å². The van der Waals surface area contributed by atoms with Crippen molar-refractivity contribution < 1.29 is 28.7 Å². The SMILES string of the molecule is CC(=O)O[C@@H](C(=O)c1csc(Cn2c(C)nc3ccccc32)c1)[C@@H](OC(C)=O)C(=O)N1Cc2ccccc2C1. The van der Waals surface area contributed by atoms with Gasteiger partial charge in [0.2, 0.25) is 18.0 Å². The largest absolute Gasteiger partial charge is 0.450 e. The fourth-order valence-electron chi connectivity index (χ4n) is 4.83. The van der Waals surface area contributed by atoms with Crippen molar-refractivity contribution in [3.63, 3.8) is 0 Å². The van der Waals surface area contributed by atoms with E-state index >= 15 is 0 Å². The Morgan fingerprint density at radius 1 is 0.923 bits per heavy atom. The summed E-state index contributed by atoms with van der Waals surface area (Å²) < 4.78 is 12.8. The molecule has 4 aromatic rings. The standard InChI is InChI=1S/C29H27N3O6S/c1-17-30-24-10-6-7-11-25(24)32(17)15-23-12-22(16-39-23)26(35)27(37-18(2)33)28(38-19(3)34)29(36)31-13-20-8-4-5-9-21(20)14-31/h4-12,16,27-28H,13-15H2,1-3H3/t27-,28+/m0/s1. The predicted octanol–water partition coefficient (Wildman–Crippen LogP) is 4.04. The molecule has 9 nitrogen and oxygen atoms in total. The lowest BCUT2D eigenvalue weighted by Crippen LogP contribution is -2.50. The highest BCUT2D eigenvalue weighted by Gasteiger charge is 2.43. The van der Waals surface area contributed by atoms with E-state index in [1.807, 2.05) is 55.5 Å². The summed E-state index contributed by atoms with van der Waals surface area (Å²) in [7, 11) is 0. The summed E-state index contributed by atoms with van der Waals surface area (Å²) in [4.78, 5) is 58.3. The van der Waals surface area contributed by atoms with Crippen LogP contribution in [0.25, 0.3) is 11.0 Å². The molecule has 39 heavy (non-hydrogen) atoms. The van der Waals surface area contributed by atoms with Gasteiger partial charge in [0.1, 0.15) is 5.82 Å². The van der Waals surface area contributed by atoms with Crippen molar-refractivity contribution in [2.45, 2.75) is 52.6 Å². The highest BCUT2D eigenvalue weighted by Crippen LogP contribution is 2.27. The van der Waals surface area contributed by atoms with Gasteiger partial charge in [-0.1, -0.05) is 36.4 Å². The Morgan fingerprint density at radius 3 is 2.21 bits per heavy atom. The number of carbonyl (C=O) groups excluding carboxylic acids is 4. The van der Waals surface area contributed by atoms with E-state index in [2.05, 4.69) is 9.55 Å². The van der Waals surface area contributed by atoms with E-state index in [-0.39, 0.29) is 5.56 Å². The minimum Gasteiger partial charge on any atom is -0.450 e. The molecule has 2 aromatic heterocycles. The van der Waals surface area contributed by atoms with Crippen LogP contribution in [0, 0.1) is 6.92 Å². The van der Waals surface area contributed by atoms with Crippen LogP contribution in [-0.4, -0.2) is 50.3 Å². The number of aromatic nitrogens is 2. The molecule has 0 bridgehead atoms. The van der Waals surface area contributed by atoms with Crippen LogP contribution < -0.4 is 0 Å². The number of nitrogens with zero attached hydrogens (tertiary/aromatic N) is 3. The van der Waals surface area contributed by atoms with Gasteiger partial charge in [-0.2, -0.15) is 0 Å². The first-order valence-corrected chi connectivity index (χ1v) is 13.3. The first-order valence-electron chi connectivity index (χ1n) is 12.4. The molecule has 10 heteroatoms. The zero-order valence-corrected chi connectivity index (χ0v) is 22.6. The van der Waals surface area contributed by atoms with Crippen LogP contribution in [0.1, 0.15) is 46.0 Å². The van der Waals surface area contributed by atoms with E-state index in [1.54, 1.807) is 11.4 Å². The molecule has 1 aliphatic heterocycles. The number of hydrogen-bond donors (Lipinski definition) is 0. The van der Waals surface area contributed by atoms with Crippen molar-refractivity contribution in [1.82, 2.24) is 14.5 Å². The summed E-state index contributed by atoms with van der Waals surface area (Å²) >= 11 is 1.37. The third-order valence-corrected chi connectivity index (χ3v) is 7.53. The number of thiophene rings is 1. The van der Waals surface area contributed by atoms with E-state index in [1.165, 1.54) is 16.2 Å². The minimum absolute atomic E-state index is 0.262. The van der Waals surface area contributed by atoms with Gasteiger partial charge in [0.15, 0.2) is 0 Å². The summed E-state index contributed by atoms with van der Waals surface area (Å²) in [6.45, 7) is 5.30. The van der Waals surface area contributed by atoms with E-state index < -0.39 is 35.8 Å². The number of Topliss-reactive ketones (excluding diaryl/α,β-unsaturated/α-hetero) is 1.